The summed E-state index contributed by atoms with van der Waals surface area (Å²) in [5, 5.41) is 2.70. The van der Waals surface area contributed by atoms with Gasteiger partial charge < -0.3 is 16.0 Å². The van der Waals surface area contributed by atoms with Crippen LogP contribution in [0.5, 0.6) is 0 Å². The van der Waals surface area contributed by atoms with Crippen molar-refractivity contribution in [3.63, 3.8) is 0 Å². The third kappa shape index (κ3) is 5.53. The van der Waals surface area contributed by atoms with Gasteiger partial charge in [0.05, 0.1) is 6.54 Å². The summed E-state index contributed by atoms with van der Waals surface area (Å²) in [7, 11) is 1.60. The van der Waals surface area contributed by atoms with E-state index in [1.165, 1.54) is 4.90 Å². The molecule has 0 saturated heterocycles. The maximum Gasteiger partial charge on any atom is 0.239 e. The van der Waals surface area contributed by atoms with Gasteiger partial charge in [0.2, 0.25) is 11.8 Å². The van der Waals surface area contributed by atoms with Crippen LogP contribution in [-0.2, 0) is 9.59 Å². The fourth-order valence-corrected chi connectivity index (χ4v) is 0.938. The van der Waals surface area contributed by atoms with Crippen molar-refractivity contribution < 1.29 is 9.59 Å². The lowest BCUT2D eigenvalue weighted by molar-refractivity contribution is -0.134. The van der Waals surface area contributed by atoms with E-state index in [2.05, 4.69) is 5.32 Å². The summed E-state index contributed by atoms with van der Waals surface area (Å²) >= 11 is 0. The molecule has 0 aromatic carbocycles. The third-order valence-electron chi connectivity index (χ3n) is 1.74. The van der Waals surface area contributed by atoms with Crippen molar-refractivity contribution in [3.05, 3.63) is 0 Å². The second kappa shape index (κ2) is 7.32. The van der Waals surface area contributed by atoms with Gasteiger partial charge in [0.1, 0.15) is 0 Å². The lowest BCUT2D eigenvalue weighted by Gasteiger charge is -2.15. The molecule has 5 heteroatoms. The second-order valence-corrected chi connectivity index (χ2v) is 3.14. The number of nitrogens with zero attached hydrogens (tertiary/aromatic N) is 1. The van der Waals surface area contributed by atoms with Crippen LogP contribution in [0.3, 0.4) is 0 Å². The molecule has 2 amide bonds. The Morgan fingerprint density at radius 2 is 2.07 bits per heavy atom. The minimum Gasteiger partial charge on any atom is -0.355 e. The molecule has 0 aromatic heterocycles. The van der Waals surface area contributed by atoms with Crippen molar-refractivity contribution in [2.24, 2.45) is 5.73 Å². The highest BCUT2D eigenvalue weighted by molar-refractivity contribution is 5.84. The van der Waals surface area contributed by atoms with E-state index in [4.69, 9.17) is 5.73 Å². The van der Waals surface area contributed by atoms with Crippen LogP contribution in [0.2, 0.25) is 0 Å². The highest BCUT2D eigenvalue weighted by Crippen LogP contribution is 1.88. The molecule has 0 rings (SSSR count). The summed E-state index contributed by atoms with van der Waals surface area (Å²) in [4.78, 5) is 23.8. The average Bonchev–Trinajstić information content (AvgIpc) is 2.15. The maximum atomic E-state index is 11.2. The van der Waals surface area contributed by atoms with Crippen LogP contribution in [0.4, 0.5) is 0 Å². The Morgan fingerprint density at radius 1 is 1.43 bits per heavy atom. The molecular weight excluding hydrogens is 182 g/mol. The van der Waals surface area contributed by atoms with Crippen molar-refractivity contribution in [3.8, 4) is 0 Å². The monoisotopic (exact) mass is 201 g/mol. The predicted octanol–water partition coefficient (Wildman–Crippen LogP) is -0.680. The quantitative estimate of drug-likeness (QED) is 0.598. The Hall–Kier alpha value is -1.10. The first kappa shape index (κ1) is 12.9. The largest absolute Gasteiger partial charge is 0.355 e. The van der Waals surface area contributed by atoms with Crippen molar-refractivity contribution in [1.29, 1.82) is 0 Å². The van der Waals surface area contributed by atoms with E-state index in [1.54, 1.807) is 7.05 Å². The molecule has 0 unspecified atom stereocenters. The van der Waals surface area contributed by atoms with E-state index in [0.29, 0.717) is 13.1 Å². The van der Waals surface area contributed by atoms with E-state index < -0.39 is 0 Å². The van der Waals surface area contributed by atoms with Gasteiger partial charge in [-0.25, -0.2) is 0 Å². The highest BCUT2D eigenvalue weighted by Gasteiger charge is 2.10. The first-order chi connectivity index (χ1) is 6.61. The number of carbonyl (C=O) groups excluding carboxylic acids is 2. The van der Waals surface area contributed by atoms with Gasteiger partial charge in [0.15, 0.2) is 0 Å². The van der Waals surface area contributed by atoms with Crippen LogP contribution in [0.1, 0.15) is 19.8 Å². The Balaban J connectivity index is 3.75. The summed E-state index contributed by atoms with van der Waals surface area (Å²) in [6.07, 6.45) is 1.18. The Labute approximate surface area is 84.6 Å². The molecule has 0 bridgehead atoms. The molecule has 0 radical (unpaired) electrons. The van der Waals surface area contributed by atoms with Crippen LogP contribution in [0.25, 0.3) is 0 Å². The van der Waals surface area contributed by atoms with Crippen LogP contribution in [0.15, 0.2) is 0 Å². The molecule has 5 nitrogen and oxygen atoms in total. The number of rotatable bonds is 6. The van der Waals surface area contributed by atoms with Gasteiger partial charge in [-0.05, 0) is 6.42 Å². The third-order valence-corrected chi connectivity index (χ3v) is 1.74. The molecule has 0 aliphatic carbocycles. The molecular formula is C9H19N3O2. The molecule has 0 aromatic rings. The normalized spacial score (nSPS) is 9.64. The number of amides is 2. The molecule has 0 saturated carbocycles. The summed E-state index contributed by atoms with van der Waals surface area (Å²) in [5.41, 5.74) is 5.23. The minimum absolute atomic E-state index is 0.0980. The highest BCUT2D eigenvalue weighted by atomic mass is 16.2. The summed E-state index contributed by atoms with van der Waals surface area (Å²) < 4.78 is 0. The standard InChI is InChI=1S/C9H19N3O2/c1-3-6-11-8(13)7-12(2)9(14)4-5-10/h3-7,10H2,1-2H3,(H,11,13). The van der Waals surface area contributed by atoms with E-state index in [0.717, 1.165) is 6.42 Å². The van der Waals surface area contributed by atoms with Crippen LogP contribution in [-0.4, -0.2) is 43.4 Å². The lowest BCUT2D eigenvalue weighted by atomic mass is 10.3. The molecule has 0 heterocycles. The topological polar surface area (TPSA) is 75.4 Å². The van der Waals surface area contributed by atoms with Crippen LogP contribution in [0, 0.1) is 0 Å². The zero-order valence-corrected chi connectivity index (χ0v) is 8.88. The van der Waals surface area contributed by atoms with Gasteiger partial charge in [-0.1, -0.05) is 6.92 Å². The Morgan fingerprint density at radius 3 is 2.57 bits per heavy atom. The average molecular weight is 201 g/mol. The smallest absolute Gasteiger partial charge is 0.239 e. The number of hydrogen-bond acceptors (Lipinski definition) is 3. The van der Waals surface area contributed by atoms with Crippen molar-refractivity contribution in [1.82, 2.24) is 10.2 Å². The maximum absolute atomic E-state index is 11.2. The minimum atomic E-state index is -0.125. The molecule has 14 heavy (non-hydrogen) atoms. The number of nitrogens with one attached hydrogen (secondary N) is 1. The number of nitrogens with two attached hydrogens (primary N) is 1. The van der Waals surface area contributed by atoms with Gasteiger partial charge in [-0.3, -0.25) is 9.59 Å². The summed E-state index contributed by atoms with van der Waals surface area (Å²) in [6, 6.07) is 0. The molecule has 0 aliphatic heterocycles. The summed E-state index contributed by atoms with van der Waals surface area (Å²) in [5.74, 6) is -0.223. The van der Waals surface area contributed by atoms with Crippen molar-refractivity contribution in [2.75, 3.05) is 26.7 Å². The zero-order chi connectivity index (χ0) is 11.0. The molecule has 82 valence electrons. The fraction of sp³-hybridized carbons (Fsp3) is 0.778. The van der Waals surface area contributed by atoms with Crippen LogP contribution >= 0.6 is 0 Å². The Bertz CT molecular complexity index is 194. The van der Waals surface area contributed by atoms with E-state index in [-0.39, 0.29) is 24.8 Å². The first-order valence-electron chi connectivity index (χ1n) is 4.82. The zero-order valence-electron chi connectivity index (χ0n) is 8.88. The van der Waals surface area contributed by atoms with Gasteiger partial charge in [0.25, 0.3) is 0 Å². The van der Waals surface area contributed by atoms with Gasteiger partial charge in [0, 0.05) is 26.6 Å². The SMILES string of the molecule is CCCNC(=O)CN(C)C(=O)CCN. The first-order valence-corrected chi connectivity index (χ1v) is 4.82. The number of likely N-dealkylation sites (N-methyl/N-ethyl adjacent to an activating group) is 1. The van der Waals surface area contributed by atoms with Gasteiger partial charge >= 0.3 is 0 Å². The fourth-order valence-electron chi connectivity index (χ4n) is 0.938. The van der Waals surface area contributed by atoms with Gasteiger partial charge in [-0.2, -0.15) is 0 Å². The molecule has 0 atom stereocenters. The number of carbonyl (C=O) groups is 2. The summed E-state index contributed by atoms with van der Waals surface area (Å²) in [6.45, 7) is 3.06. The van der Waals surface area contributed by atoms with Crippen LogP contribution < -0.4 is 11.1 Å². The molecule has 0 aliphatic rings. The Kier molecular flexibility index (Phi) is 6.74. The van der Waals surface area contributed by atoms with Crippen molar-refractivity contribution in [2.45, 2.75) is 19.8 Å². The molecule has 3 N–H and O–H groups in total. The second-order valence-electron chi connectivity index (χ2n) is 3.14. The van der Waals surface area contributed by atoms with Gasteiger partial charge in [-0.15, -0.1) is 0 Å². The lowest BCUT2D eigenvalue weighted by Crippen LogP contribution is -2.39. The predicted molar refractivity (Wildman–Crippen MR) is 54.6 cm³/mol. The van der Waals surface area contributed by atoms with E-state index in [9.17, 15) is 9.59 Å². The van der Waals surface area contributed by atoms with E-state index >= 15 is 0 Å². The number of hydrogen-bond donors (Lipinski definition) is 2. The molecule has 0 fully saturated rings. The van der Waals surface area contributed by atoms with E-state index in [1.807, 2.05) is 6.92 Å². The molecule has 0 spiro atoms. The van der Waals surface area contributed by atoms with Crippen molar-refractivity contribution >= 4 is 11.8 Å².